The Hall–Kier alpha value is 0.170. The number of ether oxygens (including phenoxy) is 1. The summed E-state index contributed by atoms with van der Waals surface area (Å²) in [6, 6.07) is 0. The normalized spacial score (nSPS) is 14.7. The van der Waals surface area contributed by atoms with Gasteiger partial charge in [-0.3, -0.25) is 4.90 Å². The highest BCUT2D eigenvalue weighted by Crippen LogP contribution is 2.13. The third-order valence-corrected chi connectivity index (χ3v) is 5.43. The zero-order valence-electron chi connectivity index (χ0n) is 17.8. The molecule has 4 heteroatoms. The Balaban J connectivity index is 0. The maximum absolute atomic E-state index is 5.39. The fraction of sp³-hybridized carbons (Fsp3) is 1.00. The van der Waals surface area contributed by atoms with Crippen molar-refractivity contribution in [3.05, 3.63) is 0 Å². The van der Waals surface area contributed by atoms with Crippen LogP contribution in [0.15, 0.2) is 0 Å². The smallest absolute Gasteiger partial charge is 0.0594 e. The number of hydrogen-bond acceptors (Lipinski definition) is 3. The largest absolute Gasteiger partial charge is 0.379 e. The number of halogens is 1. The van der Waals surface area contributed by atoms with Crippen molar-refractivity contribution in [2.75, 3.05) is 32.8 Å². The van der Waals surface area contributed by atoms with Crippen molar-refractivity contribution in [1.29, 1.82) is 0 Å². The number of rotatable bonds is 17. The SMILES string of the molecule is CCCCCCCCCCCCCCCCCCN1CCOCC1.Cl.N. The molecule has 3 N–H and O–H groups in total. The van der Waals surface area contributed by atoms with E-state index in [-0.39, 0.29) is 18.6 Å². The number of morpholine rings is 1. The van der Waals surface area contributed by atoms with Gasteiger partial charge in [0, 0.05) is 13.1 Å². The molecular formula is C22H49ClN2O. The summed E-state index contributed by atoms with van der Waals surface area (Å²) in [4.78, 5) is 2.56. The number of nitrogens with zero attached hydrogens (tertiary/aromatic N) is 1. The molecule has 160 valence electrons. The topological polar surface area (TPSA) is 47.5 Å². The van der Waals surface area contributed by atoms with E-state index in [1.165, 1.54) is 109 Å². The molecule has 0 aromatic heterocycles. The van der Waals surface area contributed by atoms with E-state index < -0.39 is 0 Å². The van der Waals surface area contributed by atoms with Crippen LogP contribution in [0.4, 0.5) is 0 Å². The lowest BCUT2D eigenvalue weighted by molar-refractivity contribution is 0.0371. The first-order valence-corrected chi connectivity index (χ1v) is 11.2. The maximum atomic E-state index is 5.39. The molecule has 0 amide bonds. The van der Waals surface area contributed by atoms with Crippen LogP contribution in [0.2, 0.25) is 0 Å². The molecule has 0 aromatic carbocycles. The van der Waals surface area contributed by atoms with Crippen LogP contribution in [0.5, 0.6) is 0 Å². The van der Waals surface area contributed by atoms with Crippen molar-refractivity contribution in [3.63, 3.8) is 0 Å². The lowest BCUT2D eigenvalue weighted by Gasteiger charge is -2.26. The molecule has 0 radical (unpaired) electrons. The monoisotopic (exact) mass is 392 g/mol. The van der Waals surface area contributed by atoms with Gasteiger partial charge < -0.3 is 10.9 Å². The van der Waals surface area contributed by atoms with Gasteiger partial charge >= 0.3 is 0 Å². The molecule has 1 aliphatic heterocycles. The van der Waals surface area contributed by atoms with Gasteiger partial charge in [-0.2, -0.15) is 0 Å². The Morgan fingerprint density at radius 1 is 0.577 bits per heavy atom. The molecule has 1 aliphatic rings. The van der Waals surface area contributed by atoms with Crippen LogP contribution in [-0.4, -0.2) is 37.7 Å². The molecule has 0 spiro atoms. The minimum absolute atomic E-state index is 0. The van der Waals surface area contributed by atoms with Crippen molar-refractivity contribution in [2.45, 2.75) is 110 Å². The van der Waals surface area contributed by atoms with Gasteiger partial charge in [-0.1, -0.05) is 103 Å². The summed E-state index contributed by atoms with van der Waals surface area (Å²) in [5.41, 5.74) is 0. The highest BCUT2D eigenvalue weighted by atomic mass is 35.5. The van der Waals surface area contributed by atoms with Crippen LogP contribution < -0.4 is 6.15 Å². The van der Waals surface area contributed by atoms with E-state index in [1.54, 1.807) is 0 Å². The molecule has 0 unspecified atom stereocenters. The van der Waals surface area contributed by atoms with Gasteiger partial charge in [0.05, 0.1) is 13.2 Å². The number of hydrogen-bond donors (Lipinski definition) is 1. The van der Waals surface area contributed by atoms with E-state index in [2.05, 4.69) is 11.8 Å². The molecule has 0 aliphatic carbocycles. The van der Waals surface area contributed by atoms with Crippen molar-refractivity contribution in [3.8, 4) is 0 Å². The Kier molecular flexibility index (Phi) is 25.3. The lowest BCUT2D eigenvalue weighted by atomic mass is 10.0. The van der Waals surface area contributed by atoms with Gasteiger partial charge in [0.15, 0.2) is 0 Å². The zero-order valence-corrected chi connectivity index (χ0v) is 18.6. The molecular weight excluding hydrogens is 344 g/mol. The van der Waals surface area contributed by atoms with Gasteiger partial charge in [-0.25, -0.2) is 0 Å². The second kappa shape index (κ2) is 23.2. The molecule has 0 aromatic rings. The van der Waals surface area contributed by atoms with Crippen LogP contribution >= 0.6 is 12.4 Å². The lowest BCUT2D eigenvalue weighted by Crippen LogP contribution is -2.36. The second-order valence-electron chi connectivity index (χ2n) is 7.76. The fourth-order valence-corrected chi connectivity index (χ4v) is 3.71. The van der Waals surface area contributed by atoms with E-state index in [9.17, 15) is 0 Å². The summed E-state index contributed by atoms with van der Waals surface area (Å²) in [6.45, 7) is 7.78. The third-order valence-electron chi connectivity index (χ3n) is 5.43. The second-order valence-corrected chi connectivity index (χ2v) is 7.76. The van der Waals surface area contributed by atoms with Crippen molar-refractivity contribution >= 4 is 12.4 Å². The minimum atomic E-state index is 0. The number of unbranched alkanes of at least 4 members (excludes halogenated alkanes) is 15. The van der Waals surface area contributed by atoms with Gasteiger partial charge in [0.1, 0.15) is 0 Å². The molecule has 1 saturated heterocycles. The molecule has 1 heterocycles. The zero-order chi connectivity index (χ0) is 17.1. The van der Waals surface area contributed by atoms with E-state index in [1.807, 2.05) is 0 Å². The van der Waals surface area contributed by atoms with Gasteiger partial charge in [0.25, 0.3) is 0 Å². The van der Waals surface area contributed by atoms with Gasteiger partial charge in [-0.05, 0) is 13.0 Å². The summed E-state index contributed by atoms with van der Waals surface area (Å²) < 4.78 is 5.39. The van der Waals surface area contributed by atoms with Crippen LogP contribution in [0.25, 0.3) is 0 Å². The average Bonchev–Trinajstić information content (AvgIpc) is 2.62. The fourth-order valence-electron chi connectivity index (χ4n) is 3.71. The minimum Gasteiger partial charge on any atom is -0.379 e. The Morgan fingerprint density at radius 2 is 0.923 bits per heavy atom. The van der Waals surface area contributed by atoms with E-state index in [4.69, 9.17) is 4.74 Å². The highest BCUT2D eigenvalue weighted by Gasteiger charge is 2.08. The Bertz CT molecular complexity index is 248. The van der Waals surface area contributed by atoms with Crippen LogP contribution in [-0.2, 0) is 4.74 Å². The van der Waals surface area contributed by atoms with Crippen LogP contribution in [0, 0.1) is 0 Å². The van der Waals surface area contributed by atoms with Gasteiger partial charge in [0.2, 0.25) is 0 Å². The average molecular weight is 393 g/mol. The molecule has 1 rings (SSSR count). The molecule has 0 saturated carbocycles. The Labute approximate surface area is 171 Å². The molecule has 1 fully saturated rings. The highest BCUT2D eigenvalue weighted by molar-refractivity contribution is 5.85. The standard InChI is InChI=1S/C22H45NO.ClH.H3N/c1-2-3-4-5-6-7-8-9-10-11-12-13-14-15-16-17-18-23-19-21-24-22-20-23;;/h2-22H2,1H3;1H;1H3. The summed E-state index contributed by atoms with van der Waals surface area (Å²) in [7, 11) is 0. The molecule has 0 bridgehead atoms. The predicted molar refractivity (Wildman–Crippen MR) is 119 cm³/mol. The quantitative estimate of drug-likeness (QED) is 0.267. The summed E-state index contributed by atoms with van der Waals surface area (Å²) >= 11 is 0. The first kappa shape index (κ1) is 28.4. The Morgan fingerprint density at radius 3 is 1.31 bits per heavy atom. The predicted octanol–water partition coefficient (Wildman–Crippen LogP) is 7.16. The molecule has 0 atom stereocenters. The van der Waals surface area contributed by atoms with Crippen molar-refractivity contribution in [2.24, 2.45) is 0 Å². The summed E-state index contributed by atoms with van der Waals surface area (Å²) in [6.07, 6.45) is 23.3. The van der Waals surface area contributed by atoms with E-state index in [0.717, 1.165) is 26.3 Å². The summed E-state index contributed by atoms with van der Waals surface area (Å²) in [5.74, 6) is 0. The molecule has 3 nitrogen and oxygen atoms in total. The summed E-state index contributed by atoms with van der Waals surface area (Å²) in [5, 5.41) is 0. The van der Waals surface area contributed by atoms with E-state index >= 15 is 0 Å². The first-order chi connectivity index (χ1) is 11.9. The van der Waals surface area contributed by atoms with Crippen molar-refractivity contribution < 1.29 is 4.74 Å². The van der Waals surface area contributed by atoms with Crippen molar-refractivity contribution in [1.82, 2.24) is 11.1 Å². The first-order valence-electron chi connectivity index (χ1n) is 11.2. The van der Waals surface area contributed by atoms with Gasteiger partial charge in [-0.15, -0.1) is 12.4 Å². The third kappa shape index (κ3) is 18.9. The molecule has 26 heavy (non-hydrogen) atoms. The maximum Gasteiger partial charge on any atom is 0.0594 e. The van der Waals surface area contributed by atoms with Crippen LogP contribution in [0.1, 0.15) is 110 Å². The van der Waals surface area contributed by atoms with Crippen LogP contribution in [0.3, 0.4) is 0 Å². The van der Waals surface area contributed by atoms with E-state index in [0.29, 0.717) is 0 Å².